The Bertz CT molecular complexity index is 749. The molecule has 1 aliphatic heterocycles. The van der Waals surface area contributed by atoms with E-state index in [-0.39, 0.29) is 18.2 Å². The molecule has 0 aliphatic carbocycles. The van der Waals surface area contributed by atoms with Crippen molar-refractivity contribution in [3.63, 3.8) is 0 Å². The molecule has 6 nitrogen and oxygen atoms in total. The molecule has 0 saturated carbocycles. The van der Waals surface area contributed by atoms with Crippen molar-refractivity contribution in [3.05, 3.63) is 35.9 Å². The van der Waals surface area contributed by atoms with Gasteiger partial charge in [0.15, 0.2) is 11.6 Å². The van der Waals surface area contributed by atoms with Crippen LogP contribution in [0.5, 0.6) is 0 Å². The van der Waals surface area contributed by atoms with Crippen LogP contribution in [-0.4, -0.2) is 64.3 Å². The summed E-state index contributed by atoms with van der Waals surface area (Å²) in [4.78, 5) is 17.1. The number of aliphatic hydroxyl groups is 1. The van der Waals surface area contributed by atoms with E-state index < -0.39 is 3.79 Å². The summed E-state index contributed by atoms with van der Waals surface area (Å²) < 4.78 is 11.4. The maximum Gasteiger partial charge on any atom is 0.250 e. The van der Waals surface area contributed by atoms with Crippen LogP contribution in [0.25, 0.3) is 11.4 Å². The number of anilines is 1. The van der Waals surface area contributed by atoms with Gasteiger partial charge in [-0.1, -0.05) is 34.8 Å². The maximum absolute atomic E-state index is 13.2. The smallest absolute Gasteiger partial charge is 0.250 e. The minimum atomic E-state index is -1.80. The van der Waals surface area contributed by atoms with Crippen LogP contribution >= 0.6 is 34.8 Å². The molecule has 0 atom stereocenters. The van der Waals surface area contributed by atoms with Crippen molar-refractivity contribution in [2.24, 2.45) is 0 Å². The first-order valence-electron chi connectivity index (χ1n) is 8.04. The summed E-state index contributed by atoms with van der Waals surface area (Å²) in [5, 5.41) is 9.05. The van der Waals surface area contributed by atoms with Crippen LogP contribution in [0.2, 0.25) is 0 Å². The summed E-state index contributed by atoms with van der Waals surface area (Å²) in [7, 11) is 0. The molecular weight excluding hydrogens is 404 g/mol. The predicted molar refractivity (Wildman–Crippen MR) is 100 cm³/mol. The van der Waals surface area contributed by atoms with Gasteiger partial charge in [-0.2, -0.15) is 9.97 Å². The van der Waals surface area contributed by atoms with E-state index in [1.807, 2.05) is 4.90 Å². The summed E-state index contributed by atoms with van der Waals surface area (Å²) in [6.07, 6.45) is 0. The zero-order chi connectivity index (χ0) is 18.7. The van der Waals surface area contributed by atoms with Gasteiger partial charge in [-0.15, -0.1) is 0 Å². The number of β-amino-alcohol motifs (C(OH)–C–C–N with tert-alkyl or cyclic N) is 1. The lowest BCUT2D eigenvalue weighted by Gasteiger charge is -2.34. The molecule has 1 aromatic carbocycles. The summed E-state index contributed by atoms with van der Waals surface area (Å²) in [6.45, 7) is 3.63. The van der Waals surface area contributed by atoms with E-state index in [2.05, 4.69) is 19.9 Å². The van der Waals surface area contributed by atoms with Gasteiger partial charge >= 0.3 is 0 Å². The Labute approximate surface area is 165 Å². The molecule has 1 saturated heterocycles. The number of piperazine rings is 1. The highest BCUT2D eigenvalue weighted by molar-refractivity contribution is 6.66. The lowest BCUT2D eigenvalue weighted by molar-refractivity contribution is 0.188. The third kappa shape index (κ3) is 4.72. The van der Waals surface area contributed by atoms with E-state index in [0.717, 1.165) is 13.1 Å². The second-order valence-corrected chi connectivity index (χ2v) is 8.12. The number of aromatic nitrogens is 3. The maximum atomic E-state index is 13.2. The van der Waals surface area contributed by atoms with Gasteiger partial charge in [0, 0.05) is 38.3 Å². The molecule has 0 radical (unpaired) electrons. The first-order valence-corrected chi connectivity index (χ1v) is 9.17. The van der Waals surface area contributed by atoms with Gasteiger partial charge < -0.3 is 10.0 Å². The zero-order valence-electron chi connectivity index (χ0n) is 13.7. The summed E-state index contributed by atoms with van der Waals surface area (Å²) >= 11 is 17.9. The van der Waals surface area contributed by atoms with E-state index in [4.69, 9.17) is 39.9 Å². The van der Waals surface area contributed by atoms with Crippen LogP contribution in [-0.2, 0) is 3.79 Å². The minimum Gasteiger partial charge on any atom is -0.395 e. The van der Waals surface area contributed by atoms with Crippen molar-refractivity contribution in [1.82, 2.24) is 19.9 Å². The van der Waals surface area contributed by atoms with Crippen molar-refractivity contribution < 1.29 is 9.50 Å². The fraction of sp³-hybridized carbons (Fsp3) is 0.438. The highest BCUT2D eigenvalue weighted by Crippen LogP contribution is 2.37. The third-order valence-corrected chi connectivity index (χ3v) is 4.56. The average molecular weight is 421 g/mol. The summed E-state index contributed by atoms with van der Waals surface area (Å²) in [5.41, 5.74) is 0.601. The van der Waals surface area contributed by atoms with Crippen molar-refractivity contribution in [1.29, 1.82) is 0 Å². The Hall–Kier alpha value is -1.25. The quantitative estimate of drug-likeness (QED) is 0.767. The summed E-state index contributed by atoms with van der Waals surface area (Å²) in [6, 6.07) is 5.77. The van der Waals surface area contributed by atoms with Gasteiger partial charge in [0.05, 0.1) is 6.61 Å². The summed E-state index contributed by atoms with van der Waals surface area (Å²) in [5.74, 6) is 0.382. The lowest BCUT2D eigenvalue weighted by Crippen LogP contribution is -2.48. The number of alkyl halides is 3. The molecule has 2 aromatic rings. The number of rotatable bonds is 4. The van der Waals surface area contributed by atoms with E-state index in [1.54, 1.807) is 12.1 Å². The topological polar surface area (TPSA) is 65.4 Å². The molecule has 1 aromatic heterocycles. The van der Waals surface area contributed by atoms with E-state index in [9.17, 15) is 4.39 Å². The van der Waals surface area contributed by atoms with Gasteiger partial charge in [0.2, 0.25) is 9.74 Å². The van der Waals surface area contributed by atoms with Gasteiger partial charge in [0.25, 0.3) is 0 Å². The number of nitrogens with zero attached hydrogens (tertiary/aromatic N) is 5. The van der Waals surface area contributed by atoms with Crippen molar-refractivity contribution in [3.8, 4) is 11.4 Å². The lowest BCUT2D eigenvalue weighted by atomic mass is 10.2. The highest BCUT2D eigenvalue weighted by Gasteiger charge is 2.30. The zero-order valence-corrected chi connectivity index (χ0v) is 16.0. The second-order valence-electron chi connectivity index (χ2n) is 5.84. The van der Waals surface area contributed by atoms with Crippen molar-refractivity contribution in [2.45, 2.75) is 3.79 Å². The minimum absolute atomic E-state index is 0.0182. The molecule has 140 valence electrons. The molecule has 2 heterocycles. The molecule has 1 aliphatic rings. The van der Waals surface area contributed by atoms with Crippen LogP contribution in [0, 0.1) is 5.82 Å². The number of hydrogen-bond acceptors (Lipinski definition) is 6. The van der Waals surface area contributed by atoms with Gasteiger partial charge in [0.1, 0.15) is 5.82 Å². The second kappa shape index (κ2) is 8.19. The molecule has 26 heavy (non-hydrogen) atoms. The molecule has 0 unspecified atom stereocenters. The first kappa shape index (κ1) is 19.5. The highest BCUT2D eigenvalue weighted by atomic mass is 35.6. The van der Waals surface area contributed by atoms with Gasteiger partial charge in [-0.05, 0) is 24.3 Å². The van der Waals surface area contributed by atoms with Crippen LogP contribution in [0.1, 0.15) is 5.82 Å². The van der Waals surface area contributed by atoms with Gasteiger partial charge in [-0.25, -0.2) is 9.37 Å². The third-order valence-electron chi connectivity index (χ3n) is 4.05. The molecule has 0 bridgehead atoms. The van der Waals surface area contributed by atoms with E-state index in [1.165, 1.54) is 12.1 Å². The Kier molecular flexibility index (Phi) is 6.14. The molecule has 0 amide bonds. The average Bonchev–Trinajstić information content (AvgIpc) is 2.62. The number of hydrogen-bond donors (Lipinski definition) is 1. The molecule has 3 rings (SSSR count). The SMILES string of the molecule is OCCN1CCN(c2nc(-c3ccc(F)cc3)nc(C(Cl)(Cl)Cl)n2)CC1. The van der Waals surface area contributed by atoms with Gasteiger partial charge in [-0.3, -0.25) is 4.90 Å². The van der Waals surface area contributed by atoms with Crippen LogP contribution < -0.4 is 4.90 Å². The molecular formula is C16H17Cl3FN5O. The molecule has 1 fully saturated rings. The van der Waals surface area contributed by atoms with Crippen molar-refractivity contribution in [2.75, 3.05) is 44.2 Å². The Morgan fingerprint density at radius 2 is 1.65 bits per heavy atom. The van der Waals surface area contributed by atoms with E-state index >= 15 is 0 Å². The predicted octanol–water partition coefficient (Wildman–Crippen LogP) is 2.62. The van der Waals surface area contributed by atoms with Crippen LogP contribution in [0.4, 0.5) is 10.3 Å². The molecule has 1 N–H and O–H groups in total. The monoisotopic (exact) mass is 419 g/mol. The molecule has 0 spiro atoms. The van der Waals surface area contributed by atoms with Crippen LogP contribution in [0.15, 0.2) is 24.3 Å². The number of halogens is 4. The first-order chi connectivity index (χ1) is 12.4. The van der Waals surface area contributed by atoms with E-state index in [0.29, 0.717) is 37.0 Å². The van der Waals surface area contributed by atoms with Crippen molar-refractivity contribution >= 4 is 40.8 Å². The Morgan fingerprint density at radius 3 is 2.23 bits per heavy atom. The Morgan fingerprint density at radius 1 is 1.00 bits per heavy atom. The standard InChI is InChI=1S/C16H17Cl3FN5O/c17-16(18,19)14-21-13(11-1-3-12(20)4-2-11)22-15(23-14)25-7-5-24(6-8-25)9-10-26/h1-4,26H,5-10H2. The van der Waals surface area contributed by atoms with Crippen LogP contribution in [0.3, 0.4) is 0 Å². The fourth-order valence-electron chi connectivity index (χ4n) is 2.67. The normalized spacial score (nSPS) is 16.1. The number of aliphatic hydroxyl groups excluding tert-OH is 1. The fourth-order valence-corrected chi connectivity index (χ4v) is 2.93. The Balaban J connectivity index is 1.92. The molecule has 10 heteroatoms. The largest absolute Gasteiger partial charge is 0.395 e. The number of benzene rings is 1.